The smallest absolute Gasteiger partial charge is 0.453 e. The van der Waals surface area contributed by atoms with E-state index in [2.05, 4.69) is 15.9 Å². The van der Waals surface area contributed by atoms with E-state index in [0.29, 0.717) is 0 Å². The Hall–Kier alpha value is -3.78. The monoisotopic (exact) mass is 540 g/mol. The zero-order valence-corrected chi connectivity index (χ0v) is 19.5. The van der Waals surface area contributed by atoms with Gasteiger partial charge in [0, 0.05) is 10.5 Å². The molecule has 0 amide bonds. The number of ether oxygens (including phenoxy) is 2. The fraction of sp³-hybridized carbons (Fsp3) is 0.0741. The van der Waals surface area contributed by atoms with E-state index in [9.17, 15) is 18.0 Å². The molecule has 5 aromatic rings. The van der Waals surface area contributed by atoms with Gasteiger partial charge in [-0.25, -0.2) is 0 Å². The zero-order valence-electron chi connectivity index (χ0n) is 17.9. The van der Waals surface area contributed by atoms with Crippen LogP contribution in [0.2, 0.25) is 0 Å². The Labute approximate surface area is 205 Å². The van der Waals surface area contributed by atoms with E-state index in [4.69, 9.17) is 13.9 Å². The first-order valence-corrected chi connectivity index (χ1v) is 11.3. The molecule has 0 saturated carbocycles. The molecular formula is C27H16BrF3O4. The average molecular weight is 541 g/mol. The maximum atomic E-state index is 13.9. The van der Waals surface area contributed by atoms with E-state index >= 15 is 0 Å². The standard InChI is InChI=1S/C27H16BrF3O4/c28-19-7-3-4-16(12-19)15-33-20-10-11-22-23(14-20)35-26(27(29,30)31)25(24(22)32)34-21-9-8-17-5-1-2-6-18(17)13-21/h1-14H,15H2. The van der Waals surface area contributed by atoms with Crippen LogP contribution in [0.4, 0.5) is 13.2 Å². The molecular weight excluding hydrogens is 525 g/mol. The number of alkyl halides is 3. The van der Waals surface area contributed by atoms with Gasteiger partial charge in [0.25, 0.3) is 5.76 Å². The second-order valence-corrected chi connectivity index (χ2v) is 8.69. The van der Waals surface area contributed by atoms with Gasteiger partial charge in [-0.3, -0.25) is 4.79 Å². The Kier molecular flexibility index (Phi) is 5.98. The Morgan fingerprint density at radius 1 is 0.829 bits per heavy atom. The van der Waals surface area contributed by atoms with Crippen molar-refractivity contribution in [1.82, 2.24) is 0 Å². The lowest BCUT2D eigenvalue weighted by molar-refractivity contribution is -0.154. The lowest BCUT2D eigenvalue weighted by Gasteiger charge is -2.14. The first-order chi connectivity index (χ1) is 16.8. The van der Waals surface area contributed by atoms with Gasteiger partial charge in [0.1, 0.15) is 23.7 Å². The minimum Gasteiger partial charge on any atom is -0.489 e. The Morgan fingerprint density at radius 3 is 2.37 bits per heavy atom. The SMILES string of the molecule is O=c1c(Oc2ccc3ccccc3c2)c(C(F)(F)F)oc2cc(OCc3cccc(Br)c3)ccc12. The van der Waals surface area contributed by atoms with Crippen molar-refractivity contribution in [3.63, 3.8) is 0 Å². The second-order valence-electron chi connectivity index (χ2n) is 7.77. The summed E-state index contributed by atoms with van der Waals surface area (Å²) >= 11 is 3.37. The molecule has 0 spiro atoms. The van der Waals surface area contributed by atoms with Gasteiger partial charge in [-0.2, -0.15) is 13.2 Å². The lowest BCUT2D eigenvalue weighted by Crippen LogP contribution is -2.15. The Balaban J connectivity index is 1.52. The quantitative estimate of drug-likeness (QED) is 0.226. The van der Waals surface area contributed by atoms with Crippen molar-refractivity contribution < 1.29 is 27.1 Å². The summed E-state index contributed by atoms with van der Waals surface area (Å²) in [5.74, 6) is -2.07. The van der Waals surface area contributed by atoms with Gasteiger partial charge in [0.2, 0.25) is 11.2 Å². The third-order valence-corrected chi connectivity index (χ3v) is 5.81. The van der Waals surface area contributed by atoms with Crippen molar-refractivity contribution >= 4 is 37.7 Å². The van der Waals surface area contributed by atoms with Gasteiger partial charge < -0.3 is 13.9 Å². The van der Waals surface area contributed by atoms with Gasteiger partial charge in [0.05, 0.1) is 5.39 Å². The molecule has 0 radical (unpaired) electrons. The molecule has 1 aromatic heterocycles. The Bertz CT molecular complexity index is 1610. The van der Waals surface area contributed by atoms with Crippen molar-refractivity contribution in [1.29, 1.82) is 0 Å². The van der Waals surface area contributed by atoms with Crippen molar-refractivity contribution in [3.05, 3.63) is 111 Å². The molecule has 0 fully saturated rings. The van der Waals surface area contributed by atoms with Gasteiger partial charge in [-0.05, 0) is 52.7 Å². The van der Waals surface area contributed by atoms with Crippen molar-refractivity contribution in [2.24, 2.45) is 0 Å². The highest BCUT2D eigenvalue weighted by atomic mass is 79.9. The van der Waals surface area contributed by atoms with Crippen molar-refractivity contribution in [3.8, 4) is 17.2 Å². The van der Waals surface area contributed by atoms with Crippen molar-refractivity contribution in [2.75, 3.05) is 0 Å². The molecule has 8 heteroatoms. The molecule has 1 heterocycles. The summed E-state index contributed by atoms with van der Waals surface area (Å²) < 4.78 is 58.8. The number of hydrogen-bond donors (Lipinski definition) is 0. The molecule has 0 unspecified atom stereocenters. The van der Waals surface area contributed by atoms with Crippen LogP contribution < -0.4 is 14.9 Å². The average Bonchev–Trinajstić information content (AvgIpc) is 2.83. The minimum absolute atomic E-state index is 0.0522. The fourth-order valence-corrected chi connectivity index (χ4v) is 4.11. The highest BCUT2D eigenvalue weighted by Gasteiger charge is 2.40. The Morgan fingerprint density at radius 2 is 1.60 bits per heavy atom. The summed E-state index contributed by atoms with van der Waals surface area (Å²) in [6.45, 7) is 0.185. The van der Waals surface area contributed by atoms with Crippen LogP contribution >= 0.6 is 15.9 Å². The highest BCUT2D eigenvalue weighted by molar-refractivity contribution is 9.10. The third kappa shape index (κ3) is 4.88. The molecule has 0 N–H and O–H groups in total. The second kappa shape index (κ2) is 9.11. The lowest BCUT2D eigenvalue weighted by atomic mass is 10.1. The molecule has 0 aliphatic carbocycles. The van der Waals surface area contributed by atoms with Crippen LogP contribution in [0.5, 0.6) is 17.2 Å². The zero-order chi connectivity index (χ0) is 24.6. The van der Waals surface area contributed by atoms with Crippen LogP contribution in [0.25, 0.3) is 21.7 Å². The van der Waals surface area contributed by atoms with E-state index in [0.717, 1.165) is 20.8 Å². The summed E-state index contributed by atoms with van der Waals surface area (Å²) in [5.41, 5.74) is -0.318. The predicted octanol–water partition coefficient (Wildman–Crippen LogP) is 8.10. The number of halogens is 4. The van der Waals surface area contributed by atoms with Crippen LogP contribution in [0.1, 0.15) is 11.3 Å². The van der Waals surface area contributed by atoms with Crippen LogP contribution in [-0.4, -0.2) is 0 Å². The number of rotatable bonds is 5. The number of hydrogen-bond acceptors (Lipinski definition) is 4. The first-order valence-electron chi connectivity index (χ1n) is 10.5. The van der Waals surface area contributed by atoms with Crippen molar-refractivity contribution in [2.45, 2.75) is 12.8 Å². The molecule has 0 bridgehead atoms. The molecule has 0 aliphatic rings. The van der Waals surface area contributed by atoms with E-state index < -0.39 is 23.1 Å². The van der Waals surface area contributed by atoms with Gasteiger partial charge in [0.15, 0.2) is 0 Å². The highest BCUT2D eigenvalue weighted by Crippen LogP contribution is 2.39. The van der Waals surface area contributed by atoms with Crippen LogP contribution in [0.15, 0.2) is 98.6 Å². The summed E-state index contributed by atoms with van der Waals surface area (Å²) in [7, 11) is 0. The molecule has 0 aliphatic heterocycles. The molecule has 4 aromatic carbocycles. The van der Waals surface area contributed by atoms with Crippen LogP contribution in [-0.2, 0) is 12.8 Å². The third-order valence-electron chi connectivity index (χ3n) is 5.32. The predicted molar refractivity (Wildman–Crippen MR) is 130 cm³/mol. The molecule has 35 heavy (non-hydrogen) atoms. The first kappa shape index (κ1) is 23.0. The van der Waals surface area contributed by atoms with E-state index in [1.807, 2.05) is 36.4 Å². The molecule has 5 rings (SSSR count). The maximum absolute atomic E-state index is 13.9. The largest absolute Gasteiger partial charge is 0.489 e. The van der Waals surface area contributed by atoms with E-state index in [-0.39, 0.29) is 29.1 Å². The minimum atomic E-state index is -4.95. The van der Waals surface area contributed by atoms with Crippen LogP contribution in [0, 0.1) is 0 Å². The molecule has 0 saturated heterocycles. The van der Waals surface area contributed by atoms with E-state index in [1.165, 1.54) is 24.3 Å². The number of benzene rings is 4. The maximum Gasteiger partial charge on any atom is 0.453 e. The molecule has 0 atom stereocenters. The summed E-state index contributed by atoms with van der Waals surface area (Å²) in [4.78, 5) is 13.1. The van der Waals surface area contributed by atoms with Gasteiger partial charge >= 0.3 is 6.18 Å². The summed E-state index contributed by atoms with van der Waals surface area (Å²) in [6.07, 6.45) is -4.95. The van der Waals surface area contributed by atoms with Gasteiger partial charge in [-0.15, -0.1) is 0 Å². The molecule has 4 nitrogen and oxygen atoms in total. The summed E-state index contributed by atoms with van der Waals surface area (Å²) in [5, 5.41) is 1.59. The van der Waals surface area contributed by atoms with E-state index in [1.54, 1.807) is 24.3 Å². The van der Waals surface area contributed by atoms with Crippen LogP contribution in [0.3, 0.4) is 0 Å². The normalized spacial score (nSPS) is 11.7. The topological polar surface area (TPSA) is 48.7 Å². The van der Waals surface area contributed by atoms with Gasteiger partial charge in [-0.1, -0.05) is 58.4 Å². The molecule has 176 valence electrons. The number of fused-ring (bicyclic) bond motifs is 2. The fourth-order valence-electron chi connectivity index (χ4n) is 3.67. The summed E-state index contributed by atoms with van der Waals surface area (Å²) in [6, 6.07) is 23.6.